The lowest BCUT2D eigenvalue weighted by Crippen LogP contribution is -2.11. The predicted molar refractivity (Wildman–Crippen MR) is 140 cm³/mol. The predicted octanol–water partition coefficient (Wildman–Crippen LogP) is 5.61. The van der Waals surface area contributed by atoms with Gasteiger partial charge in [0.05, 0.1) is 23.2 Å². The van der Waals surface area contributed by atoms with Crippen LogP contribution in [0.4, 0.5) is 0 Å². The summed E-state index contributed by atoms with van der Waals surface area (Å²) in [4.78, 5) is 28.6. The third-order valence-corrected chi connectivity index (χ3v) is 5.84. The number of aromatic carboxylic acids is 1. The van der Waals surface area contributed by atoms with Crippen LogP contribution in [0.2, 0.25) is 5.02 Å². The summed E-state index contributed by atoms with van der Waals surface area (Å²) in [5.41, 5.74) is 1.93. The number of imidazole rings is 1. The van der Waals surface area contributed by atoms with Gasteiger partial charge in [0.15, 0.2) is 5.78 Å². The summed E-state index contributed by atoms with van der Waals surface area (Å²) in [6.07, 6.45) is 2.79. The molecule has 0 amide bonds. The van der Waals surface area contributed by atoms with E-state index in [4.69, 9.17) is 26.1 Å². The molecule has 0 bridgehead atoms. The Morgan fingerprint density at radius 1 is 1.08 bits per heavy atom. The van der Waals surface area contributed by atoms with Gasteiger partial charge in [-0.05, 0) is 55.0 Å². The first kappa shape index (κ1) is 25.9. The highest BCUT2D eigenvalue weighted by Crippen LogP contribution is 2.28. The van der Waals surface area contributed by atoms with Crippen LogP contribution in [0.25, 0.3) is 17.1 Å². The zero-order valence-corrected chi connectivity index (χ0v) is 20.8. The summed E-state index contributed by atoms with van der Waals surface area (Å²) in [5, 5.41) is 19.4. The molecule has 0 atom stereocenters. The molecule has 1 aromatic heterocycles. The Labute approximate surface area is 218 Å². The van der Waals surface area contributed by atoms with Gasteiger partial charge in [0, 0.05) is 18.2 Å². The van der Waals surface area contributed by atoms with Crippen molar-refractivity contribution in [1.29, 1.82) is 0 Å². The summed E-state index contributed by atoms with van der Waals surface area (Å²) in [6.45, 7) is 4.04. The maximum atomic E-state index is 12.6. The van der Waals surface area contributed by atoms with Crippen molar-refractivity contribution in [3.63, 3.8) is 0 Å². The van der Waals surface area contributed by atoms with Crippen molar-refractivity contribution < 1.29 is 29.3 Å². The number of carboxylic acids is 1. The number of benzene rings is 3. The normalized spacial score (nSPS) is 11.3. The number of ether oxygens (including phenoxy) is 2. The fraction of sp³-hybridized carbons (Fsp3) is 0.179. The van der Waals surface area contributed by atoms with E-state index < -0.39 is 23.1 Å². The zero-order chi connectivity index (χ0) is 26.4. The Morgan fingerprint density at radius 3 is 2.65 bits per heavy atom. The number of fused-ring (bicyclic) bond motifs is 1. The van der Waals surface area contributed by atoms with Crippen molar-refractivity contribution in [3.8, 4) is 11.5 Å². The lowest BCUT2D eigenvalue weighted by molar-refractivity contribution is 0.0693. The minimum atomic E-state index is -1.38. The van der Waals surface area contributed by atoms with Crippen molar-refractivity contribution in [2.75, 3.05) is 13.2 Å². The number of ketones is 1. The lowest BCUT2D eigenvalue weighted by atomic mass is 10.0. The maximum Gasteiger partial charge on any atom is 0.339 e. The molecule has 0 aliphatic carbocycles. The SMILES string of the molecule is CCOCCn1c(COc2cccc(/C=C/C(=O)c3cc(Cl)cc(C(=O)O)c3O)c2)nc2ccccc21. The second-order valence-corrected chi connectivity index (χ2v) is 8.52. The van der Waals surface area contributed by atoms with E-state index in [-0.39, 0.29) is 17.2 Å². The van der Waals surface area contributed by atoms with Gasteiger partial charge < -0.3 is 24.3 Å². The molecule has 2 N–H and O–H groups in total. The standard InChI is InChI=1S/C28H25ClN2O6/c1-2-36-13-12-31-24-9-4-3-8-23(24)30-26(31)17-37-20-7-5-6-18(14-20)10-11-25(32)21-15-19(29)16-22(27(21)33)28(34)35/h3-11,14-16,33H,2,12-13,17H2,1H3,(H,34,35)/b11-10+. The molecule has 0 aliphatic heterocycles. The van der Waals surface area contributed by atoms with Gasteiger partial charge in [0.25, 0.3) is 0 Å². The Morgan fingerprint density at radius 2 is 1.86 bits per heavy atom. The molecule has 4 aromatic rings. The van der Waals surface area contributed by atoms with E-state index in [9.17, 15) is 19.8 Å². The molecule has 8 nitrogen and oxygen atoms in total. The number of allylic oxidation sites excluding steroid dienone is 1. The molecule has 0 spiro atoms. The third kappa shape index (κ3) is 6.17. The van der Waals surface area contributed by atoms with Crippen LogP contribution in [0.1, 0.15) is 39.0 Å². The number of carbonyl (C=O) groups excluding carboxylic acids is 1. The number of hydrogen-bond donors (Lipinski definition) is 2. The Bertz CT molecular complexity index is 1480. The van der Waals surface area contributed by atoms with Crippen LogP contribution in [0.15, 0.2) is 66.7 Å². The summed E-state index contributed by atoms with van der Waals surface area (Å²) < 4.78 is 13.6. The van der Waals surface area contributed by atoms with Gasteiger partial charge in [-0.25, -0.2) is 9.78 Å². The Balaban J connectivity index is 1.49. The fourth-order valence-corrected chi connectivity index (χ4v) is 4.07. The minimum Gasteiger partial charge on any atom is -0.506 e. The van der Waals surface area contributed by atoms with Gasteiger partial charge in [-0.1, -0.05) is 41.9 Å². The summed E-state index contributed by atoms with van der Waals surface area (Å²) in [7, 11) is 0. The molecule has 0 radical (unpaired) electrons. The third-order valence-electron chi connectivity index (χ3n) is 5.62. The van der Waals surface area contributed by atoms with Crippen LogP contribution in [-0.2, 0) is 17.9 Å². The molecule has 0 unspecified atom stereocenters. The van der Waals surface area contributed by atoms with Crippen LogP contribution in [-0.4, -0.2) is 44.7 Å². The van der Waals surface area contributed by atoms with E-state index in [2.05, 4.69) is 4.57 Å². The van der Waals surface area contributed by atoms with Crippen molar-refractivity contribution in [3.05, 3.63) is 94.3 Å². The van der Waals surface area contributed by atoms with Crippen molar-refractivity contribution in [2.24, 2.45) is 0 Å². The van der Waals surface area contributed by atoms with Gasteiger partial charge in [-0.15, -0.1) is 0 Å². The number of aromatic hydroxyl groups is 1. The highest BCUT2D eigenvalue weighted by Gasteiger charge is 2.18. The van der Waals surface area contributed by atoms with Crippen molar-refractivity contribution >= 4 is 40.5 Å². The van der Waals surface area contributed by atoms with E-state index in [0.29, 0.717) is 31.1 Å². The molecule has 0 saturated carbocycles. The van der Waals surface area contributed by atoms with E-state index >= 15 is 0 Å². The number of carboxylic acid groups (broad SMARTS) is 1. The molecule has 9 heteroatoms. The minimum absolute atomic E-state index is 0.0367. The average molecular weight is 521 g/mol. The van der Waals surface area contributed by atoms with E-state index in [0.717, 1.165) is 22.9 Å². The number of nitrogens with zero attached hydrogens (tertiary/aromatic N) is 2. The first-order chi connectivity index (χ1) is 17.9. The summed E-state index contributed by atoms with van der Waals surface area (Å²) in [6, 6.07) is 17.3. The average Bonchev–Trinajstić information content (AvgIpc) is 3.25. The molecule has 0 fully saturated rings. The molecular weight excluding hydrogens is 496 g/mol. The van der Waals surface area contributed by atoms with Gasteiger partial charge in [0.2, 0.25) is 0 Å². The van der Waals surface area contributed by atoms with Gasteiger partial charge in [-0.2, -0.15) is 0 Å². The highest BCUT2D eigenvalue weighted by atomic mass is 35.5. The van der Waals surface area contributed by atoms with Gasteiger partial charge in [0.1, 0.15) is 29.5 Å². The first-order valence-electron chi connectivity index (χ1n) is 11.6. The van der Waals surface area contributed by atoms with Crippen LogP contribution in [0.5, 0.6) is 11.5 Å². The smallest absolute Gasteiger partial charge is 0.339 e. The van der Waals surface area contributed by atoms with Crippen molar-refractivity contribution in [2.45, 2.75) is 20.1 Å². The second kappa shape index (κ2) is 11.7. The van der Waals surface area contributed by atoms with Crippen LogP contribution in [0.3, 0.4) is 0 Å². The molecule has 3 aromatic carbocycles. The van der Waals surface area contributed by atoms with Gasteiger partial charge >= 0.3 is 5.97 Å². The molecule has 0 aliphatic rings. The van der Waals surface area contributed by atoms with Crippen LogP contribution >= 0.6 is 11.6 Å². The summed E-state index contributed by atoms with van der Waals surface area (Å²) >= 11 is 5.92. The number of rotatable bonds is 11. The molecule has 37 heavy (non-hydrogen) atoms. The molecule has 4 rings (SSSR count). The molecule has 1 heterocycles. The van der Waals surface area contributed by atoms with Crippen molar-refractivity contribution in [1.82, 2.24) is 9.55 Å². The highest BCUT2D eigenvalue weighted by molar-refractivity contribution is 6.31. The monoisotopic (exact) mass is 520 g/mol. The number of hydrogen-bond acceptors (Lipinski definition) is 6. The topological polar surface area (TPSA) is 111 Å². The lowest BCUT2D eigenvalue weighted by Gasteiger charge is -2.11. The van der Waals surface area contributed by atoms with Crippen LogP contribution in [0, 0.1) is 0 Å². The number of halogens is 1. The second-order valence-electron chi connectivity index (χ2n) is 8.08. The zero-order valence-electron chi connectivity index (χ0n) is 20.1. The summed E-state index contributed by atoms with van der Waals surface area (Å²) in [5.74, 6) is -1.25. The quantitative estimate of drug-likeness (QED) is 0.150. The molecule has 0 saturated heterocycles. The van der Waals surface area contributed by atoms with E-state index in [1.165, 1.54) is 12.1 Å². The number of carbonyl (C=O) groups is 2. The maximum absolute atomic E-state index is 12.6. The van der Waals surface area contributed by atoms with E-state index in [1.807, 2.05) is 31.2 Å². The number of para-hydroxylation sites is 2. The van der Waals surface area contributed by atoms with E-state index in [1.54, 1.807) is 30.3 Å². The fourth-order valence-electron chi connectivity index (χ4n) is 3.85. The molecular formula is C28H25ClN2O6. The number of phenols is 1. The first-order valence-corrected chi connectivity index (χ1v) is 12.0. The Hall–Kier alpha value is -4.14. The van der Waals surface area contributed by atoms with Gasteiger partial charge in [-0.3, -0.25) is 4.79 Å². The number of aromatic nitrogens is 2. The largest absolute Gasteiger partial charge is 0.506 e. The molecule has 190 valence electrons. The Kier molecular flexibility index (Phi) is 8.22. The van der Waals surface area contributed by atoms with Crippen LogP contribution < -0.4 is 4.74 Å².